The average molecular weight is 426 g/mol. The fourth-order valence-corrected chi connectivity index (χ4v) is 3.36. The first kappa shape index (κ1) is 22.6. The Bertz CT molecular complexity index is 904. The Kier molecular flexibility index (Phi) is 7.52. The zero-order chi connectivity index (χ0) is 22.4. The molecule has 0 bridgehead atoms. The van der Waals surface area contributed by atoms with Crippen molar-refractivity contribution in [2.24, 2.45) is 5.92 Å². The van der Waals surface area contributed by atoms with Crippen LogP contribution < -0.4 is 15.0 Å². The highest BCUT2D eigenvalue weighted by atomic mass is 16.5. The van der Waals surface area contributed by atoms with E-state index < -0.39 is 5.97 Å². The number of hydrogen-bond acceptors (Lipinski definition) is 6. The van der Waals surface area contributed by atoms with Crippen molar-refractivity contribution >= 4 is 23.3 Å². The van der Waals surface area contributed by atoms with E-state index in [1.165, 1.54) is 7.11 Å². The number of carbonyl (C=O) groups is 2. The number of methoxy groups -OCH3 is 1. The largest absolute Gasteiger partial charge is 0.493 e. The maximum Gasteiger partial charge on any atom is 0.337 e. The van der Waals surface area contributed by atoms with Gasteiger partial charge in [0.15, 0.2) is 0 Å². The molecule has 0 saturated carbocycles. The Morgan fingerprint density at radius 1 is 1.00 bits per heavy atom. The predicted octanol–water partition coefficient (Wildman–Crippen LogP) is 3.51. The van der Waals surface area contributed by atoms with Gasteiger partial charge in [-0.1, -0.05) is 13.8 Å². The molecule has 31 heavy (non-hydrogen) atoms. The summed E-state index contributed by atoms with van der Waals surface area (Å²) in [4.78, 5) is 29.5. The van der Waals surface area contributed by atoms with Crippen molar-refractivity contribution in [2.75, 3.05) is 57.2 Å². The summed E-state index contributed by atoms with van der Waals surface area (Å²) in [5.74, 6) is 0.481. The van der Waals surface area contributed by atoms with E-state index >= 15 is 0 Å². The monoisotopic (exact) mass is 425 g/mol. The second kappa shape index (κ2) is 10.3. The van der Waals surface area contributed by atoms with Gasteiger partial charge in [-0.3, -0.25) is 4.79 Å². The number of anilines is 2. The summed E-state index contributed by atoms with van der Waals surface area (Å²) in [7, 11) is 3.44. The molecule has 7 nitrogen and oxygen atoms in total. The van der Waals surface area contributed by atoms with Crippen LogP contribution in [0.2, 0.25) is 0 Å². The Hall–Kier alpha value is -3.06. The van der Waals surface area contributed by atoms with Crippen LogP contribution in [0.25, 0.3) is 0 Å². The molecule has 0 radical (unpaired) electrons. The van der Waals surface area contributed by atoms with Crippen LogP contribution in [0, 0.1) is 5.92 Å². The number of nitrogens with one attached hydrogen (secondary N) is 1. The van der Waals surface area contributed by atoms with Crippen molar-refractivity contribution < 1.29 is 19.1 Å². The molecule has 1 N–H and O–H groups in total. The first-order valence-electron chi connectivity index (χ1n) is 10.6. The molecule has 0 aromatic heterocycles. The fraction of sp³-hybridized carbons (Fsp3) is 0.417. The summed E-state index contributed by atoms with van der Waals surface area (Å²) in [5.41, 5.74) is 2.40. The Labute approximate surface area is 183 Å². The van der Waals surface area contributed by atoms with Crippen molar-refractivity contribution in [1.82, 2.24) is 4.90 Å². The lowest BCUT2D eigenvalue weighted by Gasteiger charge is -2.35. The molecule has 1 fully saturated rings. The molecule has 0 atom stereocenters. The van der Waals surface area contributed by atoms with E-state index in [0.717, 1.165) is 37.6 Å². The van der Waals surface area contributed by atoms with Crippen LogP contribution >= 0.6 is 0 Å². The third kappa shape index (κ3) is 5.98. The van der Waals surface area contributed by atoms with Crippen LogP contribution in [0.5, 0.6) is 5.75 Å². The summed E-state index contributed by atoms with van der Waals surface area (Å²) < 4.78 is 10.5. The zero-order valence-electron chi connectivity index (χ0n) is 18.7. The number of nitrogens with zero attached hydrogens (tertiary/aromatic N) is 2. The van der Waals surface area contributed by atoms with E-state index in [2.05, 4.69) is 36.0 Å². The molecular formula is C24H31N3O4. The van der Waals surface area contributed by atoms with Gasteiger partial charge < -0.3 is 24.6 Å². The van der Waals surface area contributed by atoms with E-state index in [1.807, 2.05) is 6.07 Å². The van der Waals surface area contributed by atoms with Gasteiger partial charge in [-0.25, -0.2) is 4.79 Å². The minimum Gasteiger partial charge on any atom is -0.493 e. The van der Waals surface area contributed by atoms with Gasteiger partial charge in [0.2, 0.25) is 0 Å². The van der Waals surface area contributed by atoms with Crippen molar-refractivity contribution in [3.8, 4) is 5.75 Å². The number of carbonyl (C=O) groups excluding carboxylic acids is 2. The zero-order valence-corrected chi connectivity index (χ0v) is 18.7. The van der Waals surface area contributed by atoms with Gasteiger partial charge in [-0.2, -0.15) is 0 Å². The Morgan fingerprint density at radius 2 is 1.65 bits per heavy atom. The van der Waals surface area contributed by atoms with Gasteiger partial charge in [-0.05, 0) is 55.4 Å². The van der Waals surface area contributed by atoms with Gasteiger partial charge in [0.05, 0.1) is 30.7 Å². The van der Waals surface area contributed by atoms with Gasteiger partial charge in [-0.15, -0.1) is 0 Å². The molecule has 7 heteroatoms. The first-order valence-corrected chi connectivity index (χ1v) is 10.6. The van der Waals surface area contributed by atoms with Crippen LogP contribution in [-0.2, 0) is 4.74 Å². The summed E-state index contributed by atoms with van der Waals surface area (Å²) >= 11 is 0. The normalized spacial score (nSPS) is 14.4. The van der Waals surface area contributed by atoms with Crippen LogP contribution in [0.15, 0.2) is 42.5 Å². The Morgan fingerprint density at radius 3 is 2.26 bits per heavy atom. The lowest BCUT2D eigenvalue weighted by molar-refractivity contribution is 0.0600. The highest BCUT2D eigenvalue weighted by Crippen LogP contribution is 2.29. The van der Waals surface area contributed by atoms with Gasteiger partial charge in [0.25, 0.3) is 5.91 Å². The van der Waals surface area contributed by atoms with E-state index in [4.69, 9.17) is 9.47 Å². The van der Waals surface area contributed by atoms with Crippen molar-refractivity contribution in [1.29, 1.82) is 0 Å². The van der Waals surface area contributed by atoms with E-state index in [9.17, 15) is 9.59 Å². The topological polar surface area (TPSA) is 71.1 Å². The van der Waals surface area contributed by atoms with Crippen LogP contribution in [0.3, 0.4) is 0 Å². The SMILES string of the molecule is COC(=O)c1ccc(N2CCN(C)CC2)c(NC(=O)c2ccc(OCC(C)C)cc2)c1. The van der Waals surface area contributed by atoms with Crippen LogP contribution in [-0.4, -0.2) is 63.7 Å². The van der Waals surface area contributed by atoms with Crippen molar-refractivity contribution in [3.05, 3.63) is 53.6 Å². The second-order valence-corrected chi connectivity index (χ2v) is 8.20. The number of esters is 1. The third-order valence-electron chi connectivity index (χ3n) is 5.21. The lowest BCUT2D eigenvalue weighted by Crippen LogP contribution is -2.44. The third-order valence-corrected chi connectivity index (χ3v) is 5.21. The van der Waals surface area contributed by atoms with Gasteiger partial charge in [0.1, 0.15) is 5.75 Å². The van der Waals surface area contributed by atoms with Crippen LogP contribution in [0.1, 0.15) is 34.6 Å². The molecule has 1 aliphatic rings. The first-order chi connectivity index (χ1) is 14.9. The number of benzene rings is 2. The molecular weight excluding hydrogens is 394 g/mol. The number of piperazine rings is 1. The van der Waals surface area contributed by atoms with E-state index in [-0.39, 0.29) is 5.91 Å². The van der Waals surface area contributed by atoms with Crippen molar-refractivity contribution in [2.45, 2.75) is 13.8 Å². The lowest BCUT2D eigenvalue weighted by atomic mass is 10.1. The number of amides is 1. The molecule has 1 aliphatic heterocycles. The molecule has 0 aliphatic carbocycles. The second-order valence-electron chi connectivity index (χ2n) is 8.20. The predicted molar refractivity (Wildman–Crippen MR) is 122 cm³/mol. The molecule has 1 amide bonds. The maximum atomic E-state index is 12.9. The van der Waals surface area contributed by atoms with Crippen molar-refractivity contribution in [3.63, 3.8) is 0 Å². The number of rotatable bonds is 7. The molecule has 3 rings (SSSR count). The maximum absolute atomic E-state index is 12.9. The molecule has 0 unspecified atom stereocenters. The average Bonchev–Trinajstić information content (AvgIpc) is 2.78. The highest BCUT2D eigenvalue weighted by Gasteiger charge is 2.20. The molecule has 1 heterocycles. The van der Waals surface area contributed by atoms with Gasteiger partial charge in [0, 0.05) is 31.7 Å². The standard InChI is InChI=1S/C24H31N3O4/c1-17(2)16-31-20-8-5-18(6-9-20)23(28)25-21-15-19(24(29)30-4)7-10-22(21)27-13-11-26(3)12-14-27/h5-10,15,17H,11-14,16H2,1-4H3,(H,25,28). The summed E-state index contributed by atoms with van der Waals surface area (Å²) in [5, 5.41) is 2.98. The minimum atomic E-state index is -0.438. The van der Waals surface area contributed by atoms with E-state index in [0.29, 0.717) is 29.3 Å². The smallest absolute Gasteiger partial charge is 0.337 e. The summed E-state index contributed by atoms with van der Waals surface area (Å²) in [6, 6.07) is 12.4. The molecule has 166 valence electrons. The minimum absolute atomic E-state index is 0.243. The molecule has 1 saturated heterocycles. The van der Waals surface area contributed by atoms with Gasteiger partial charge >= 0.3 is 5.97 Å². The number of ether oxygens (including phenoxy) is 2. The van der Waals surface area contributed by atoms with E-state index in [1.54, 1.807) is 36.4 Å². The molecule has 2 aromatic carbocycles. The highest BCUT2D eigenvalue weighted by molar-refractivity contribution is 6.07. The number of likely N-dealkylation sites (N-methyl/N-ethyl adjacent to an activating group) is 1. The summed E-state index contributed by atoms with van der Waals surface area (Å²) in [6.45, 7) is 8.36. The molecule has 2 aromatic rings. The fourth-order valence-electron chi connectivity index (χ4n) is 3.36. The molecule has 0 spiro atoms. The number of hydrogen-bond donors (Lipinski definition) is 1. The Balaban J connectivity index is 1.80. The quantitative estimate of drug-likeness (QED) is 0.685. The summed E-state index contributed by atoms with van der Waals surface area (Å²) in [6.07, 6.45) is 0. The van der Waals surface area contributed by atoms with Crippen LogP contribution in [0.4, 0.5) is 11.4 Å².